The van der Waals surface area contributed by atoms with Gasteiger partial charge in [0.25, 0.3) is 0 Å². The molecule has 1 aromatic carbocycles. The summed E-state index contributed by atoms with van der Waals surface area (Å²) in [6, 6.07) is 5.76. The van der Waals surface area contributed by atoms with E-state index in [0.29, 0.717) is 6.73 Å². The molecule has 0 spiro atoms. The van der Waals surface area contributed by atoms with Crippen molar-refractivity contribution >= 4 is 14.1 Å². The van der Waals surface area contributed by atoms with Gasteiger partial charge in [-0.15, -0.1) is 0 Å². The number of hydrogen-bond donors (Lipinski definition) is 0. The number of benzene rings is 1. The van der Waals surface area contributed by atoms with Gasteiger partial charge >= 0.3 is 0 Å². The molecule has 0 fully saturated rings. The van der Waals surface area contributed by atoms with Crippen LogP contribution in [0.15, 0.2) is 37.2 Å². The molecule has 0 amide bonds. The van der Waals surface area contributed by atoms with Crippen LogP contribution in [0.3, 0.4) is 0 Å². The number of nitrogens with zero attached hydrogens (tertiary/aromatic N) is 2. The fourth-order valence-electron chi connectivity index (χ4n) is 2.10. The molecule has 0 aliphatic rings. The molecule has 2 rings (SSSR count). The van der Waals surface area contributed by atoms with Crippen LogP contribution in [0.5, 0.6) is 0 Å². The summed E-state index contributed by atoms with van der Waals surface area (Å²) in [5.74, 6) is 0.492. The Morgan fingerprint density at radius 3 is 2.82 bits per heavy atom. The van der Waals surface area contributed by atoms with Crippen LogP contribution in [-0.4, -0.2) is 24.2 Å². The lowest BCUT2D eigenvalue weighted by molar-refractivity contribution is 0.0883. The molecule has 1 aromatic heterocycles. The Labute approximate surface area is 132 Å². The van der Waals surface area contributed by atoms with Crippen LogP contribution in [0.25, 0.3) is 17.5 Å². The Balaban J connectivity index is 2.11. The highest BCUT2D eigenvalue weighted by Crippen LogP contribution is 2.24. The third-order valence-corrected chi connectivity index (χ3v) is 5.12. The average molecular weight is 318 g/mol. The van der Waals surface area contributed by atoms with E-state index in [0.717, 1.165) is 29.6 Å². The minimum Gasteiger partial charge on any atom is -0.361 e. The number of halogens is 1. The topological polar surface area (TPSA) is 27.1 Å². The first-order valence-corrected chi connectivity index (χ1v) is 11.1. The van der Waals surface area contributed by atoms with Gasteiger partial charge in [0.2, 0.25) is 0 Å². The van der Waals surface area contributed by atoms with Gasteiger partial charge in [0, 0.05) is 32.6 Å². The summed E-state index contributed by atoms with van der Waals surface area (Å²) in [5, 5.41) is 0. The lowest BCUT2D eigenvalue weighted by Crippen LogP contribution is -2.22. The summed E-state index contributed by atoms with van der Waals surface area (Å²) in [6.07, 6.45) is 5.25. The van der Waals surface area contributed by atoms with Gasteiger partial charge in [-0.1, -0.05) is 32.3 Å². The molecule has 0 atom stereocenters. The Hall–Kier alpha value is -1.72. The zero-order valence-corrected chi connectivity index (χ0v) is 14.5. The van der Waals surface area contributed by atoms with Crippen LogP contribution in [0, 0.1) is 5.82 Å². The summed E-state index contributed by atoms with van der Waals surface area (Å²) in [6.45, 7) is 11.9. The Morgan fingerprint density at radius 2 is 2.14 bits per heavy atom. The average Bonchev–Trinajstić information content (AvgIpc) is 2.90. The van der Waals surface area contributed by atoms with Gasteiger partial charge in [-0.05, 0) is 29.8 Å². The minimum absolute atomic E-state index is 0.275. The smallest absolute Gasteiger partial charge is 0.142 e. The van der Waals surface area contributed by atoms with E-state index in [1.165, 1.54) is 12.1 Å². The molecule has 3 nitrogen and oxygen atoms in total. The molecule has 1 heterocycles. The number of hydrogen-bond acceptors (Lipinski definition) is 2. The summed E-state index contributed by atoms with van der Waals surface area (Å²) in [4.78, 5) is 4.37. The van der Waals surface area contributed by atoms with Crippen LogP contribution in [0.1, 0.15) is 5.56 Å². The van der Waals surface area contributed by atoms with E-state index >= 15 is 0 Å². The monoisotopic (exact) mass is 318 g/mol. The molecule has 2 aromatic rings. The van der Waals surface area contributed by atoms with Gasteiger partial charge in [0.1, 0.15) is 18.4 Å². The second-order valence-electron chi connectivity index (χ2n) is 6.50. The van der Waals surface area contributed by atoms with E-state index in [4.69, 9.17) is 4.74 Å². The van der Waals surface area contributed by atoms with Gasteiger partial charge in [0.15, 0.2) is 0 Å². The molecule has 22 heavy (non-hydrogen) atoms. The number of aromatic nitrogens is 2. The van der Waals surface area contributed by atoms with Gasteiger partial charge in [-0.25, -0.2) is 9.37 Å². The lowest BCUT2D eigenvalue weighted by atomic mass is 10.1. The molecule has 0 N–H and O–H groups in total. The summed E-state index contributed by atoms with van der Waals surface area (Å²) < 4.78 is 21.0. The molecule has 0 aliphatic heterocycles. The molecule has 0 saturated carbocycles. The zero-order chi connectivity index (χ0) is 16.2. The predicted molar refractivity (Wildman–Crippen MR) is 91.8 cm³/mol. The first-order valence-electron chi connectivity index (χ1n) is 7.42. The SMILES string of the molecule is C=Cc1cc(F)ccc1-c1nccn1COCC[Si](C)(C)C. The quantitative estimate of drug-likeness (QED) is 0.549. The van der Waals surface area contributed by atoms with Crippen molar-refractivity contribution in [3.8, 4) is 11.4 Å². The second-order valence-corrected chi connectivity index (χ2v) is 12.1. The van der Waals surface area contributed by atoms with Crippen LogP contribution in [-0.2, 0) is 11.5 Å². The normalized spacial score (nSPS) is 11.6. The summed E-state index contributed by atoms with van der Waals surface area (Å²) in [7, 11) is -1.08. The van der Waals surface area contributed by atoms with Gasteiger partial charge in [0.05, 0.1) is 0 Å². The van der Waals surface area contributed by atoms with E-state index in [2.05, 4.69) is 31.2 Å². The zero-order valence-electron chi connectivity index (χ0n) is 13.5. The highest BCUT2D eigenvalue weighted by Gasteiger charge is 2.13. The Bertz CT molecular complexity index is 646. The molecule has 0 saturated heterocycles. The molecule has 0 radical (unpaired) electrons. The van der Waals surface area contributed by atoms with Gasteiger partial charge in [-0.2, -0.15) is 0 Å². The highest BCUT2D eigenvalue weighted by atomic mass is 28.3. The Kier molecular flexibility index (Phi) is 5.31. The summed E-state index contributed by atoms with van der Waals surface area (Å²) in [5.41, 5.74) is 1.59. The molecule has 118 valence electrons. The third-order valence-electron chi connectivity index (χ3n) is 3.42. The van der Waals surface area contributed by atoms with E-state index in [1.54, 1.807) is 18.3 Å². The van der Waals surface area contributed by atoms with E-state index in [1.807, 2.05) is 10.8 Å². The number of rotatable bonds is 7. The van der Waals surface area contributed by atoms with Crippen molar-refractivity contribution in [1.29, 1.82) is 0 Å². The number of ether oxygens (including phenoxy) is 1. The van der Waals surface area contributed by atoms with Gasteiger partial charge in [-0.3, -0.25) is 0 Å². The van der Waals surface area contributed by atoms with Crippen molar-refractivity contribution in [2.45, 2.75) is 32.4 Å². The van der Waals surface area contributed by atoms with Crippen molar-refractivity contribution in [3.63, 3.8) is 0 Å². The summed E-state index contributed by atoms with van der Waals surface area (Å²) >= 11 is 0. The molecule has 0 aliphatic carbocycles. The molecule has 5 heteroatoms. The van der Waals surface area contributed by atoms with Gasteiger partial charge < -0.3 is 9.30 Å². The third kappa shape index (κ3) is 4.38. The maximum Gasteiger partial charge on any atom is 0.142 e. The second kappa shape index (κ2) is 7.02. The molecular weight excluding hydrogens is 295 g/mol. The van der Waals surface area contributed by atoms with E-state index < -0.39 is 8.07 Å². The van der Waals surface area contributed by atoms with Crippen LogP contribution >= 0.6 is 0 Å². The maximum atomic E-state index is 13.3. The van der Waals surface area contributed by atoms with Crippen molar-refractivity contribution < 1.29 is 9.13 Å². The highest BCUT2D eigenvalue weighted by molar-refractivity contribution is 6.76. The van der Waals surface area contributed by atoms with Crippen molar-refractivity contribution in [3.05, 3.63) is 48.6 Å². The fraction of sp³-hybridized carbons (Fsp3) is 0.353. The number of imidazole rings is 1. The maximum absolute atomic E-state index is 13.3. The van der Waals surface area contributed by atoms with Crippen molar-refractivity contribution in [2.75, 3.05) is 6.61 Å². The van der Waals surface area contributed by atoms with E-state index in [-0.39, 0.29) is 5.82 Å². The van der Waals surface area contributed by atoms with Crippen LogP contribution < -0.4 is 0 Å². The first-order chi connectivity index (χ1) is 10.4. The first kappa shape index (κ1) is 16.6. The van der Waals surface area contributed by atoms with Crippen molar-refractivity contribution in [1.82, 2.24) is 9.55 Å². The Morgan fingerprint density at radius 1 is 1.36 bits per heavy atom. The largest absolute Gasteiger partial charge is 0.361 e. The van der Waals surface area contributed by atoms with Crippen LogP contribution in [0.2, 0.25) is 25.7 Å². The molecule has 0 unspecified atom stereocenters. The molecular formula is C17H23FN2OSi. The van der Waals surface area contributed by atoms with Crippen molar-refractivity contribution in [2.24, 2.45) is 0 Å². The predicted octanol–water partition coefficient (Wildman–Crippen LogP) is 4.64. The van der Waals surface area contributed by atoms with Crippen LogP contribution in [0.4, 0.5) is 4.39 Å². The lowest BCUT2D eigenvalue weighted by Gasteiger charge is -2.16. The fourth-order valence-corrected chi connectivity index (χ4v) is 2.86. The minimum atomic E-state index is -1.08. The van der Waals surface area contributed by atoms with E-state index in [9.17, 15) is 4.39 Å². The molecule has 0 bridgehead atoms. The standard InChI is InChI=1S/C17H23FN2OSi/c1-5-14-12-15(18)6-7-16(14)17-19-8-9-20(17)13-21-10-11-22(2,3)4/h5-9,12H,1,10-11,13H2,2-4H3.